The van der Waals surface area contributed by atoms with Gasteiger partial charge in [0.25, 0.3) is 0 Å². The van der Waals surface area contributed by atoms with E-state index in [9.17, 15) is 19.2 Å². The molecular formula is C18H14O7S2. The van der Waals surface area contributed by atoms with Crippen LogP contribution in [0.25, 0.3) is 0 Å². The van der Waals surface area contributed by atoms with Crippen molar-refractivity contribution < 1.29 is 33.0 Å². The lowest BCUT2D eigenvalue weighted by Gasteiger charge is -2.03. The Labute approximate surface area is 163 Å². The van der Waals surface area contributed by atoms with E-state index in [0.29, 0.717) is 11.1 Å². The molecule has 0 amide bonds. The highest BCUT2D eigenvalue weighted by Gasteiger charge is 2.11. The Kier molecular flexibility index (Phi) is 7.59. The van der Waals surface area contributed by atoms with Crippen LogP contribution in [0.15, 0.2) is 48.5 Å². The number of rotatable bonds is 10. The number of hydrogen-bond donors (Lipinski definition) is 2. The van der Waals surface area contributed by atoms with Crippen molar-refractivity contribution >= 4 is 47.6 Å². The molecule has 7 nitrogen and oxygen atoms in total. The maximum Gasteiger partial charge on any atom is 0.335 e. The van der Waals surface area contributed by atoms with Gasteiger partial charge in [0.1, 0.15) is 0 Å². The van der Waals surface area contributed by atoms with Crippen LogP contribution in [0, 0.1) is 0 Å². The SMILES string of the molecule is O=C(O)c1ccc(C(=O)CSOSCC(=O)c2ccc(C(=O)O)cc2)cc1. The van der Waals surface area contributed by atoms with Crippen LogP contribution in [0.1, 0.15) is 41.4 Å². The molecule has 0 heterocycles. The molecule has 0 saturated carbocycles. The molecule has 0 spiro atoms. The summed E-state index contributed by atoms with van der Waals surface area (Å²) in [6.45, 7) is 0. The molecule has 0 aliphatic carbocycles. The topological polar surface area (TPSA) is 118 Å². The minimum absolute atomic E-state index is 0.0148. The van der Waals surface area contributed by atoms with E-state index in [4.69, 9.17) is 13.8 Å². The summed E-state index contributed by atoms with van der Waals surface area (Å²) < 4.78 is 5.15. The summed E-state index contributed by atoms with van der Waals surface area (Å²) in [5.74, 6) is -2.56. The highest BCUT2D eigenvalue weighted by molar-refractivity contribution is 8.08. The molecule has 0 atom stereocenters. The zero-order valence-corrected chi connectivity index (χ0v) is 15.4. The second kappa shape index (κ2) is 9.91. The van der Waals surface area contributed by atoms with Crippen molar-refractivity contribution in [1.29, 1.82) is 0 Å². The molecule has 0 aromatic heterocycles. The molecule has 0 radical (unpaired) electrons. The average molecular weight is 406 g/mol. The fraction of sp³-hybridized carbons (Fsp3) is 0.111. The third-order valence-corrected chi connectivity index (χ3v) is 4.91. The fourth-order valence-corrected chi connectivity index (χ4v) is 3.16. The molecule has 0 bridgehead atoms. The minimum atomic E-state index is -1.06. The Morgan fingerprint density at radius 1 is 0.630 bits per heavy atom. The van der Waals surface area contributed by atoms with E-state index in [1.54, 1.807) is 0 Å². The Bertz CT molecular complexity index is 774. The summed E-state index contributed by atoms with van der Waals surface area (Å²) >= 11 is 1.75. The zero-order valence-electron chi connectivity index (χ0n) is 13.8. The molecule has 2 N–H and O–H groups in total. The number of benzene rings is 2. The number of aromatic carboxylic acids is 2. The smallest absolute Gasteiger partial charge is 0.335 e. The lowest BCUT2D eigenvalue weighted by molar-refractivity contribution is 0.0686. The molecule has 2 aromatic carbocycles. The van der Waals surface area contributed by atoms with Crippen LogP contribution in [0.3, 0.4) is 0 Å². The maximum atomic E-state index is 12.0. The zero-order chi connectivity index (χ0) is 19.8. The van der Waals surface area contributed by atoms with Gasteiger partial charge in [-0.1, -0.05) is 24.3 Å². The number of ketones is 2. The first-order valence-corrected chi connectivity index (χ1v) is 9.35. The molecule has 9 heteroatoms. The highest BCUT2D eigenvalue weighted by atomic mass is 32.2. The van der Waals surface area contributed by atoms with Gasteiger partial charge in [-0.05, 0) is 24.3 Å². The van der Waals surface area contributed by atoms with Gasteiger partial charge in [0.2, 0.25) is 0 Å². The van der Waals surface area contributed by atoms with E-state index in [0.717, 1.165) is 24.1 Å². The van der Waals surface area contributed by atoms with Gasteiger partial charge in [-0.25, -0.2) is 13.2 Å². The summed E-state index contributed by atoms with van der Waals surface area (Å²) in [6, 6.07) is 11.1. The summed E-state index contributed by atoms with van der Waals surface area (Å²) in [6.07, 6.45) is 0. The van der Waals surface area contributed by atoms with E-state index < -0.39 is 11.9 Å². The molecule has 0 unspecified atom stereocenters. The average Bonchev–Trinajstić information content (AvgIpc) is 2.67. The largest absolute Gasteiger partial charge is 0.478 e. The highest BCUT2D eigenvalue weighted by Crippen LogP contribution is 2.18. The van der Waals surface area contributed by atoms with Crippen molar-refractivity contribution in [3.8, 4) is 0 Å². The van der Waals surface area contributed by atoms with Crippen LogP contribution < -0.4 is 0 Å². The van der Waals surface area contributed by atoms with Crippen LogP contribution in [0.2, 0.25) is 0 Å². The first-order valence-electron chi connectivity index (χ1n) is 7.52. The van der Waals surface area contributed by atoms with Gasteiger partial charge in [0, 0.05) is 35.2 Å². The predicted molar refractivity (Wildman–Crippen MR) is 101 cm³/mol. The lowest BCUT2D eigenvalue weighted by atomic mass is 10.1. The molecular weight excluding hydrogens is 392 g/mol. The van der Waals surface area contributed by atoms with Gasteiger partial charge in [0.05, 0.1) is 22.6 Å². The monoisotopic (exact) mass is 406 g/mol. The van der Waals surface area contributed by atoms with E-state index in [-0.39, 0.29) is 34.2 Å². The number of carboxylic acids is 2. The number of Topliss-reactive ketones (excluding diaryl/α,β-unsaturated/α-hetero) is 2. The second-order valence-corrected chi connectivity index (χ2v) is 6.80. The van der Waals surface area contributed by atoms with Gasteiger partial charge >= 0.3 is 11.9 Å². The number of carbonyl (C=O) groups excluding carboxylic acids is 2. The normalized spacial score (nSPS) is 10.4. The first kappa shape index (κ1) is 20.7. The third kappa shape index (κ3) is 6.24. The third-order valence-electron chi connectivity index (χ3n) is 3.38. The maximum absolute atomic E-state index is 12.0. The van der Waals surface area contributed by atoms with Crippen LogP contribution in [0.5, 0.6) is 0 Å². The Morgan fingerprint density at radius 3 is 1.22 bits per heavy atom. The van der Waals surface area contributed by atoms with Gasteiger partial charge in [-0.3, -0.25) is 9.59 Å². The van der Waals surface area contributed by atoms with Crippen LogP contribution in [-0.4, -0.2) is 45.2 Å². The molecule has 0 aliphatic rings. The molecule has 140 valence electrons. The quantitative estimate of drug-likeness (QED) is 0.347. The van der Waals surface area contributed by atoms with Crippen molar-refractivity contribution in [3.05, 3.63) is 70.8 Å². The predicted octanol–water partition coefficient (Wildman–Crippen LogP) is 3.46. The molecule has 27 heavy (non-hydrogen) atoms. The molecule has 0 saturated heterocycles. The Hall–Kier alpha value is -2.62. The Morgan fingerprint density at radius 2 is 0.926 bits per heavy atom. The Balaban J connectivity index is 1.71. The first-order chi connectivity index (χ1) is 12.9. The molecule has 0 aliphatic heterocycles. The fourth-order valence-electron chi connectivity index (χ4n) is 1.95. The summed E-state index contributed by atoms with van der Waals surface area (Å²) in [7, 11) is 0. The van der Waals surface area contributed by atoms with Crippen LogP contribution in [-0.2, 0) is 3.63 Å². The summed E-state index contributed by atoms with van der Waals surface area (Å²) in [4.78, 5) is 45.4. The lowest BCUT2D eigenvalue weighted by Crippen LogP contribution is -2.05. The van der Waals surface area contributed by atoms with E-state index in [1.165, 1.54) is 48.5 Å². The number of hydrogen-bond acceptors (Lipinski definition) is 7. The number of carbonyl (C=O) groups is 4. The van der Waals surface area contributed by atoms with Gasteiger partial charge in [-0.2, -0.15) is 0 Å². The molecule has 2 rings (SSSR count). The van der Waals surface area contributed by atoms with Crippen molar-refractivity contribution in [2.24, 2.45) is 0 Å². The standard InChI is InChI=1S/C18H14O7S2/c19-15(11-1-5-13(6-2-11)17(21)22)9-26-25-27-10-16(20)12-3-7-14(8-4-12)18(23)24/h1-8H,9-10H2,(H,21,22)(H,23,24). The van der Waals surface area contributed by atoms with Gasteiger partial charge in [0.15, 0.2) is 11.6 Å². The van der Waals surface area contributed by atoms with E-state index in [1.807, 2.05) is 0 Å². The van der Waals surface area contributed by atoms with Gasteiger partial charge < -0.3 is 10.2 Å². The van der Waals surface area contributed by atoms with Crippen LogP contribution in [0.4, 0.5) is 0 Å². The summed E-state index contributed by atoms with van der Waals surface area (Å²) in [5.41, 5.74) is 0.938. The van der Waals surface area contributed by atoms with Crippen molar-refractivity contribution in [3.63, 3.8) is 0 Å². The molecule has 0 fully saturated rings. The summed E-state index contributed by atoms with van der Waals surface area (Å²) in [5, 5.41) is 17.6. The van der Waals surface area contributed by atoms with Crippen molar-refractivity contribution in [2.75, 3.05) is 11.5 Å². The van der Waals surface area contributed by atoms with Crippen LogP contribution >= 0.6 is 24.1 Å². The van der Waals surface area contributed by atoms with E-state index >= 15 is 0 Å². The van der Waals surface area contributed by atoms with E-state index in [2.05, 4.69) is 0 Å². The van der Waals surface area contributed by atoms with Crippen molar-refractivity contribution in [2.45, 2.75) is 0 Å². The second-order valence-electron chi connectivity index (χ2n) is 5.20. The molecule has 2 aromatic rings. The van der Waals surface area contributed by atoms with Crippen molar-refractivity contribution in [1.82, 2.24) is 0 Å². The number of carboxylic acid groups (broad SMARTS) is 2. The minimum Gasteiger partial charge on any atom is -0.478 e. The van der Waals surface area contributed by atoms with Gasteiger partial charge in [-0.15, -0.1) is 0 Å².